The molecule has 0 aliphatic heterocycles. The van der Waals surface area contributed by atoms with Crippen molar-refractivity contribution in [3.05, 3.63) is 125 Å². The summed E-state index contributed by atoms with van der Waals surface area (Å²) in [6, 6.07) is 25.9. The van der Waals surface area contributed by atoms with Crippen LogP contribution < -0.4 is 14.4 Å². The molecule has 0 aliphatic rings. The Hall–Kier alpha value is -4.41. The number of benzene rings is 4. The number of nitrogens with zero attached hydrogens (tertiary/aromatic N) is 2. The average Bonchev–Trinajstić information content (AvgIpc) is 3.06. The summed E-state index contributed by atoms with van der Waals surface area (Å²) in [5, 5.41) is 3.34. The summed E-state index contributed by atoms with van der Waals surface area (Å²) in [6.45, 7) is 5.79. The molecule has 0 unspecified atom stereocenters. The summed E-state index contributed by atoms with van der Waals surface area (Å²) in [5.74, 6) is -0.964. The Kier molecular flexibility index (Phi) is 12.4. The second-order valence-corrected chi connectivity index (χ2v) is 13.6. The predicted molar refractivity (Wildman–Crippen MR) is 182 cm³/mol. The van der Waals surface area contributed by atoms with Crippen LogP contribution in [0.2, 0.25) is 5.02 Å². The number of carbonyl (C=O) groups is 2. The lowest BCUT2D eigenvalue weighted by Crippen LogP contribution is -2.53. The molecule has 0 spiro atoms. The van der Waals surface area contributed by atoms with Crippen molar-refractivity contribution in [3.8, 4) is 5.75 Å². The van der Waals surface area contributed by atoms with E-state index >= 15 is 0 Å². The number of carbonyl (C=O) groups excluding carboxylic acids is 2. The number of hydrogen-bond donors (Lipinski definition) is 1. The van der Waals surface area contributed by atoms with Crippen LogP contribution in [0.3, 0.4) is 0 Å². The van der Waals surface area contributed by atoms with E-state index in [2.05, 4.69) is 5.32 Å². The molecule has 1 N–H and O–H groups in total. The number of hydrogen-bond acceptors (Lipinski definition) is 5. The molecule has 0 aromatic heterocycles. The van der Waals surface area contributed by atoms with Crippen LogP contribution in [0.1, 0.15) is 31.9 Å². The molecule has 4 aromatic rings. The van der Waals surface area contributed by atoms with Gasteiger partial charge in [-0.2, -0.15) is 0 Å². The van der Waals surface area contributed by atoms with Crippen molar-refractivity contribution in [2.45, 2.75) is 44.7 Å². The van der Waals surface area contributed by atoms with Crippen molar-refractivity contribution < 1.29 is 27.1 Å². The minimum absolute atomic E-state index is 0.0640. The van der Waals surface area contributed by atoms with Gasteiger partial charge in [0.2, 0.25) is 11.8 Å². The van der Waals surface area contributed by atoms with Crippen LogP contribution in [-0.2, 0) is 32.6 Å². The van der Waals surface area contributed by atoms with E-state index in [1.807, 2.05) is 51.1 Å². The van der Waals surface area contributed by atoms with Crippen LogP contribution in [-0.4, -0.2) is 50.9 Å². The number of sulfonamides is 1. The Bertz CT molecular complexity index is 1740. The van der Waals surface area contributed by atoms with E-state index in [-0.39, 0.29) is 35.4 Å². The van der Waals surface area contributed by atoms with Crippen molar-refractivity contribution in [1.82, 2.24) is 10.2 Å². The highest BCUT2D eigenvalue weighted by Gasteiger charge is 2.35. The van der Waals surface area contributed by atoms with E-state index in [1.54, 1.807) is 24.3 Å². The second kappa shape index (κ2) is 16.4. The number of ether oxygens (including phenoxy) is 1. The monoisotopic (exact) mass is 679 g/mol. The highest BCUT2D eigenvalue weighted by Crippen LogP contribution is 2.27. The van der Waals surface area contributed by atoms with E-state index in [1.165, 1.54) is 41.3 Å². The maximum atomic E-state index is 14.5. The first kappa shape index (κ1) is 35.4. The van der Waals surface area contributed by atoms with E-state index < -0.39 is 34.3 Å². The maximum Gasteiger partial charge on any atom is 0.264 e. The average molecular weight is 680 g/mol. The normalized spacial score (nSPS) is 12.0. The van der Waals surface area contributed by atoms with Gasteiger partial charge in [0, 0.05) is 24.5 Å². The molecular formula is C36H39ClFN3O5S. The summed E-state index contributed by atoms with van der Waals surface area (Å²) in [4.78, 5) is 29.6. The van der Waals surface area contributed by atoms with Gasteiger partial charge in [-0.3, -0.25) is 13.9 Å². The molecule has 2 amide bonds. The van der Waals surface area contributed by atoms with Gasteiger partial charge >= 0.3 is 0 Å². The summed E-state index contributed by atoms with van der Waals surface area (Å²) < 4.78 is 48.7. The van der Waals surface area contributed by atoms with Crippen molar-refractivity contribution in [1.29, 1.82) is 0 Å². The fourth-order valence-corrected chi connectivity index (χ4v) is 6.53. The summed E-state index contributed by atoms with van der Waals surface area (Å²) in [7, 11) is -4.35. The zero-order valence-corrected chi connectivity index (χ0v) is 28.2. The van der Waals surface area contributed by atoms with Gasteiger partial charge in [0.05, 0.1) is 17.2 Å². The van der Waals surface area contributed by atoms with Crippen LogP contribution in [0.15, 0.2) is 108 Å². The summed E-state index contributed by atoms with van der Waals surface area (Å²) in [6.07, 6.45) is 0.170. The fraction of sp³-hybridized carbons (Fsp3) is 0.278. The van der Waals surface area contributed by atoms with Crippen LogP contribution in [0.5, 0.6) is 5.75 Å². The molecule has 0 fully saturated rings. The van der Waals surface area contributed by atoms with Gasteiger partial charge in [0.25, 0.3) is 10.0 Å². The molecule has 0 aliphatic carbocycles. The first-order valence-corrected chi connectivity index (χ1v) is 17.2. The van der Waals surface area contributed by atoms with E-state index in [0.717, 1.165) is 22.0 Å². The third kappa shape index (κ3) is 9.56. The predicted octanol–water partition coefficient (Wildman–Crippen LogP) is 6.49. The largest absolute Gasteiger partial charge is 0.494 e. The minimum Gasteiger partial charge on any atom is -0.494 e. The van der Waals surface area contributed by atoms with Gasteiger partial charge in [-0.1, -0.05) is 74.0 Å². The van der Waals surface area contributed by atoms with Gasteiger partial charge < -0.3 is 15.0 Å². The zero-order valence-electron chi connectivity index (χ0n) is 26.6. The molecule has 4 aromatic carbocycles. The molecule has 248 valence electrons. The zero-order chi connectivity index (χ0) is 34.0. The summed E-state index contributed by atoms with van der Waals surface area (Å²) >= 11 is 6.53. The second-order valence-electron chi connectivity index (χ2n) is 11.4. The molecule has 0 heterocycles. The fourth-order valence-electron chi connectivity index (χ4n) is 4.92. The molecule has 4 rings (SSSR count). The number of halogens is 2. The van der Waals surface area contributed by atoms with E-state index in [9.17, 15) is 22.4 Å². The first-order valence-electron chi connectivity index (χ1n) is 15.3. The number of amides is 2. The Morgan fingerprint density at radius 2 is 1.53 bits per heavy atom. The molecule has 0 radical (unpaired) electrons. The van der Waals surface area contributed by atoms with E-state index in [0.29, 0.717) is 29.5 Å². The molecule has 47 heavy (non-hydrogen) atoms. The van der Waals surface area contributed by atoms with Gasteiger partial charge in [-0.05, 0) is 78.6 Å². The SMILES string of the molecule is CCOc1ccc(S(=O)(=O)N(CC(=O)N(Cc2ccccc2Cl)[C@@H](Cc2ccccc2)C(=O)NCC(C)C)c2ccc(F)cc2)cc1. The number of anilines is 1. The minimum atomic E-state index is -4.35. The third-order valence-corrected chi connectivity index (χ3v) is 9.53. The Labute approximate surface area is 281 Å². The number of nitrogens with one attached hydrogen (secondary N) is 1. The lowest BCUT2D eigenvalue weighted by molar-refractivity contribution is -0.140. The molecular weight excluding hydrogens is 641 g/mol. The van der Waals surface area contributed by atoms with Crippen LogP contribution in [0.25, 0.3) is 0 Å². The van der Waals surface area contributed by atoms with Crippen molar-refractivity contribution in [2.24, 2.45) is 5.92 Å². The maximum absolute atomic E-state index is 14.5. The van der Waals surface area contributed by atoms with Crippen molar-refractivity contribution >= 4 is 39.1 Å². The Balaban J connectivity index is 1.79. The third-order valence-electron chi connectivity index (χ3n) is 7.37. The quantitative estimate of drug-likeness (QED) is 0.155. The van der Waals surface area contributed by atoms with Crippen LogP contribution >= 0.6 is 11.6 Å². The lowest BCUT2D eigenvalue weighted by atomic mass is 10.0. The van der Waals surface area contributed by atoms with Crippen LogP contribution in [0.4, 0.5) is 10.1 Å². The van der Waals surface area contributed by atoms with Gasteiger partial charge in [0.15, 0.2) is 0 Å². The topological polar surface area (TPSA) is 96.0 Å². The molecule has 1 atom stereocenters. The van der Waals surface area contributed by atoms with Crippen molar-refractivity contribution in [3.63, 3.8) is 0 Å². The van der Waals surface area contributed by atoms with Gasteiger partial charge in [0.1, 0.15) is 24.2 Å². The molecule has 11 heteroatoms. The van der Waals surface area contributed by atoms with Gasteiger partial charge in [-0.25, -0.2) is 12.8 Å². The van der Waals surface area contributed by atoms with Crippen LogP contribution in [0, 0.1) is 11.7 Å². The first-order chi connectivity index (χ1) is 22.5. The molecule has 8 nitrogen and oxygen atoms in total. The highest BCUT2D eigenvalue weighted by molar-refractivity contribution is 7.92. The highest BCUT2D eigenvalue weighted by atomic mass is 35.5. The Morgan fingerprint density at radius 3 is 2.15 bits per heavy atom. The van der Waals surface area contributed by atoms with Gasteiger partial charge in [-0.15, -0.1) is 0 Å². The molecule has 0 saturated heterocycles. The number of rotatable bonds is 15. The standard InChI is InChI=1S/C36H39ClFN3O5S/c1-4-46-31-18-20-32(21-19-31)47(44,45)41(30-16-14-29(38)15-17-30)25-35(42)40(24-28-12-8-9-13-33(28)37)34(36(43)39-23-26(2)3)22-27-10-6-5-7-11-27/h5-21,26,34H,4,22-25H2,1-3H3,(H,39,43)/t34-/m0/s1. The molecule has 0 bridgehead atoms. The van der Waals surface area contributed by atoms with E-state index in [4.69, 9.17) is 16.3 Å². The Morgan fingerprint density at radius 1 is 0.894 bits per heavy atom. The van der Waals surface area contributed by atoms with Crippen molar-refractivity contribution in [2.75, 3.05) is 24.0 Å². The summed E-state index contributed by atoms with van der Waals surface area (Å²) in [5.41, 5.74) is 1.47. The molecule has 0 saturated carbocycles. The lowest BCUT2D eigenvalue weighted by Gasteiger charge is -2.34. The smallest absolute Gasteiger partial charge is 0.264 e.